The Morgan fingerprint density at radius 2 is 2.15 bits per heavy atom. The molecule has 2 rings (SSSR count). The highest BCUT2D eigenvalue weighted by molar-refractivity contribution is 9.10. The second-order valence-electron chi connectivity index (χ2n) is 3.92. The number of thiazole rings is 1. The average Bonchev–Trinajstić information content (AvgIpc) is 2.70. The Morgan fingerprint density at radius 3 is 2.70 bits per heavy atom. The number of carboxylic acid groups (broad SMARTS) is 1. The summed E-state index contributed by atoms with van der Waals surface area (Å²) in [5.74, 6) is -1.44. The highest BCUT2D eigenvalue weighted by Gasteiger charge is 2.16. The number of rotatable bonds is 3. The predicted octanol–water partition coefficient (Wildman–Crippen LogP) is 2.75. The summed E-state index contributed by atoms with van der Waals surface area (Å²) in [7, 11) is 0. The normalized spacial score (nSPS) is 10.3. The lowest BCUT2D eigenvalue weighted by Crippen LogP contribution is -2.12. The van der Waals surface area contributed by atoms with Gasteiger partial charge in [0.1, 0.15) is 4.88 Å². The molecule has 2 aromatic rings. The summed E-state index contributed by atoms with van der Waals surface area (Å²) in [6, 6.07) is 4.55. The van der Waals surface area contributed by atoms with E-state index in [1.54, 1.807) is 19.1 Å². The molecular weight excluding hydrogens is 346 g/mol. The Labute approximate surface area is 126 Å². The van der Waals surface area contributed by atoms with Gasteiger partial charge in [-0.05, 0) is 41.1 Å². The number of hydrogen-bond acceptors (Lipinski definition) is 5. The summed E-state index contributed by atoms with van der Waals surface area (Å²) in [5.41, 5.74) is 6.54. The zero-order chi connectivity index (χ0) is 14.9. The first kappa shape index (κ1) is 14.5. The first-order chi connectivity index (χ1) is 9.38. The Bertz CT molecular complexity index is 699. The Morgan fingerprint density at radius 1 is 1.45 bits per heavy atom. The predicted molar refractivity (Wildman–Crippen MR) is 80.3 cm³/mol. The topological polar surface area (TPSA) is 105 Å². The van der Waals surface area contributed by atoms with Crippen LogP contribution in [0.1, 0.15) is 25.7 Å². The smallest absolute Gasteiger partial charge is 0.336 e. The number of benzene rings is 1. The molecule has 6 nitrogen and oxygen atoms in total. The lowest BCUT2D eigenvalue weighted by Gasteiger charge is -2.06. The third-order valence-corrected chi connectivity index (χ3v) is 4.15. The number of aryl methyl sites for hydroxylation is 1. The van der Waals surface area contributed by atoms with Gasteiger partial charge in [0, 0.05) is 10.2 Å². The number of amides is 1. The van der Waals surface area contributed by atoms with Gasteiger partial charge >= 0.3 is 5.97 Å². The van der Waals surface area contributed by atoms with Crippen LogP contribution < -0.4 is 11.1 Å². The van der Waals surface area contributed by atoms with Crippen molar-refractivity contribution in [1.82, 2.24) is 4.98 Å². The van der Waals surface area contributed by atoms with Crippen molar-refractivity contribution in [2.45, 2.75) is 6.92 Å². The first-order valence-corrected chi connectivity index (χ1v) is 7.06. The fourth-order valence-electron chi connectivity index (χ4n) is 1.58. The molecule has 0 fully saturated rings. The van der Waals surface area contributed by atoms with Crippen molar-refractivity contribution in [2.24, 2.45) is 0 Å². The van der Waals surface area contributed by atoms with Gasteiger partial charge in [-0.25, -0.2) is 9.78 Å². The standard InChI is InChI=1S/C12H10BrN3O3S/c1-5-9(20-12(14)15-5)10(17)16-6-2-3-8(13)7(4-6)11(18)19/h2-4H,1H3,(H2,14,15)(H,16,17)(H,18,19). The van der Waals surface area contributed by atoms with Gasteiger partial charge in [-0.15, -0.1) is 0 Å². The molecular formula is C12H10BrN3O3S. The van der Waals surface area contributed by atoms with Gasteiger partial charge in [-0.1, -0.05) is 11.3 Å². The number of hydrogen-bond donors (Lipinski definition) is 3. The minimum Gasteiger partial charge on any atom is -0.478 e. The molecule has 104 valence electrons. The molecule has 1 heterocycles. The number of nitrogen functional groups attached to an aromatic ring is 1. The zero-order valence-electron chi connectivity index (χ0n) is 10.3. The molecule has 0 radical (unpaired) electrons. The van der Waals surface area contributed by atoms with Gasteiger partial charge in [-0.2, -0.15) is 0 Å². The van der Waals surface area contributed by atoms with E-state index in [2.05, 4.69) is 26.2 Å². The molecule has 0 saturated heterocycles. The third-order valence-electron chi connectivity index (χ3n) is 2.47. The molecule has 4 N–H and O–H groups in total. The number of nitrogens with zero attached hydrogens (tertiary/aromatic N) is 1. The lowest BCUT2D eigenvalue weighted by atomic mass is 10.2. The van der Waals surface area contributed by atoms with Crippen molar-refractivity contribution < 1.29 is 14.7 Å². The highest BCUT2D eigenvalue weighted by Crippen LogP contribution is 2.24. The summed E-state index contributed by atoms with van der Waals surface area (Å²) in [4.78, 5) is 27.5. The van der Waals surface area contributed by atoms with Gasteiger partial charge in [0.15, 0.2) is 5.13 Å². The summed E-state index contributed by atoms with van der Waals surface area (Å²) in [5, 5.41) is 12.0. The number of aromatic nitrogens is 1. The fourth-order valence-corrected chi connectivity index (χ4v) is 2.73. The van der Waals surface area contributed by atoms with Crippen molar-refractivity contribution in [1.29, 1.82) is 0 Å². The molecule has 0 bridgehead atoms. The van der Waals surface area contributed by atoms with Gasteiger partial charge in [0.25, 0.3) is 5.91 Å². The number of halogens is 1. The lowest BCUT2D eigenvalue weighted by molar-refractivity contribution is 0.0695. The zero-order valence-corrected chi connectivity index (χ0v) is 12.7. The maximum absolute atomic E-state index is 12.1. The highest BCUT2D eigenvalue weighted by atomic mass is 79.9. The molecule has 20 heavy (non-hydrogen) atoms. The van der Waals surface area contributed by atoms with Crippen LogP contribution in [0.3, 0.4) is 0 Å². The molecule has 1 aromatic heterocycles. The number of aromatic carboxylic acids is 1. The molecule has 1 amide bonds. The van der Waals surface area contributed by atoms with E-state index in [4.69, 9.17) is 10.8 Å². The largest absolute Gasteiger partial charge is 0.478 e. The molecule has 0 aliphatic heterocycles. The Hall–Kier alpha value is -1.93. The number of anilines is 2. The van der Waals surface area contributed by atoms with Crippen molar-refractivity contribution in [3.63, 3.8) is 0 Å². The van der Waals surface area contributed by atoms with Crippen LogP contribution in [0, 0.1) is 6.92 Å². The molecule has 0 atom stereocenters. The maximum Gasteiger partial charge on any atom is 0.336 e. The quantitative estimate of drug-likeness (QED) is 0.784. The Kier molecular flexibility index (Phi) is 4.05. The number of nitrogens with two attached hydrogens (primary N) is 1. The fraction of sp³-hybridized carbons (Fsp3) is 0.0833. The first-order valence-electron chi connectivity index (χ1n) is 5.45. The van der Waals surface area contributed by atoms with Crippen LogP contribution in [0.15, 0.2) is 22.7 Å². The molecule has 0 aliphatic rings. The van der Waals surface area contributed by atoms with E-state index < -0.39 is 5.97 Å². The van der Waals surface area contributed by atoms with Crippen molar-refractivity contribution in [2.75, 3.05) is 11.1 Å². The van der Waals surface area contributed by atoms with Crippen molar-refractivity contribution in [3.8, 4) is 0 Å². The molecule has 0 aliphatic carbocycles. The number of nitrogens with one attached hydrogen (secondary N) is 1. The average molecular weight is 356 g/mol. The van der Waals surface area contributed by atoms with Gasteiger partial charge in [0.05, 0.1) is 11.3 Å². The van der Waals surface area contributed by atoms with Gasteiger partial charge < -0.3 is 16.2 Å². The van der Waals surface area contributed by atoms with Crippen LogP contribution >= 0.6 is 27.3 Å². The number of carbonyl (C=O) groups excluding carboxylic acids is 1. The minimum absolute atomic E-state index is 0.0725. The van der Waals surface area contributed by atoms with Crippen molar-refractivity contribution in [3.05, 3.63) is 38.8 Å². The van der Waals surface area contributed by atoms with E-state index in [1.165, 1.54) is 6.07 Å². The van der Waals surface area contributed by atoms with Crippen LogP contribution in [0.5, 0.6) is 0 Å². The Balaban J connectivity index is 2.26. The SMILES string of the molecule is Cc1nc(N)sc1C(=O)Nc1ccc(Br)c(C(=O)O)c1. The van der Waals surface area contributed by atoms with E-state index >= 15 is 0 Å². The second kappa shape index (κ2) is 5.59. The monoisotopic (exact) mass is 355 g/mol. The van der Waals surface area contributed by atoms with Crippen molar-refractivity contribution >= 4 is 50.0 Å². The van der Waals surface area contributed by atoms with Crippen LogP contribution in [-0.4, -0.2) is 22.0 Å². The molecule has 0 saturated carbocycles. The summed E-state index contributed by atoms with van der Waals surface area (Å²) in [6.07, 6.45) is 0. The van der Waals surface area contributed by atoms with Gasteiger partial charge in [-0.3, -0.25) is 4.79 Å². The maximum atomic E-state index is 12.1. The second-order valence-corrected chi connectivity index (χ2v) is 5.81. The molecule has 1 aromatic carbocycles. The number of carbonyl (C=O) groups is 2. The molecule has 0 spiro atoms. The van der Waals surface area contributed by atoms with Crippen LogP contribution in [-0.2, 0) is 0 Å². The number of carboxylic acids is 1. The summed E-state index contributed by atoms with van der Waals surface area (Å²) >= 11 is 4.22. The molecule has 8 heteroatoms. The van der Waals surface area contributed by atoms with Gasteiger partial charge in [0.2, 0.25) is 0 Å². The third kappa shape index (κ3) is 2.97. The van der Waals surface area contributed by atoms with Crippen LogP contribution in [0.25, 0.3) is 0 Å². The van der Waals surface area contributed by atoms with E-state index in [0.29, 0.717) is 25.9 Å². The van der Waals surface area contributed by atoms with E-state index in [-0.39, 0.29) is 11.5 Å². The van der Waals surface area contributed by atoms with E-state index in [0.717, 1.165) is 11.3 Å². The summed E-state index contributed by atoms with van der Waals surface area (Å²) < 4.78 is 0.446. The minimum atomic E-state index is -1.08. The van der Waals surface area contributed by atoms with E-state index in [1.807, 2.05) is 0 Å². The van der Waals surface area contributed by atoms with Crippen LogP contribution in [0.4, 0.5) is 10.8 Å². The van der Waals surface area contributed by atoms with Crippen LogP contribution in [0.2, 0.25) is 0 Å². The van der Waals surface area contributed by atoms with E-state index in [9.17, 15) is 9.59 Å². The summed E-state index contributed by atoms with van der Waals surface area (Å²) in [6.45, 7) is 1.69. The molecule has 0 unspecified atom stereocenters.